The number of benzene rings is 3. The molecule has 0 saturated heterocycles. The number of hydrogen-bond donors (Lipinski definition) is 2. The zero-order valence-electron chi connectivity index (χ0n) is 26.9. The van der Waals surface area contributed by atoms with E-state index in [1.54, 1.807) is 62.5 Å². The number of carbonyl (C=O) groups excluding carboxylic acids is 1. The van der Waals surface area contributed by atoms with Crippen molar-refractivity contribution >= 4 is 43.8 Å². The number of methoxy groups -OCH3 is 1. The van der Waals surface area contributed by atoms with Crippen molar-refractivity contribution in [3.05, 3.63) is 84.3 Å². The molecule has 6 aromatic rings. The van der Waals surface area contributed by atoms with Crippen molar-refractivity contribution in [3.63, 3.8) is 0 Å². The first-order valence-electron chi connectivity index (χ1n) is 15.0. The van der Waals surface area contributed by atoms with E-state index < -0.39 is 27.3 Å². The molecular formula is C35H33FN4O7S. The number of amides is 1. The van der Waals surface area contributed by atoms with Crippen LogP contribution >= 0.6 is 0 Å². The summed E-state index contributed by atoms with van der Waals surface area (Å²) >= 11 is 0. The number of sulfonamides is 1. The van der Waals surface area contributed by atoms with Gasteiger partial charge in [0.05, 0.1) is 35.8 Å². The highest BCUT2D eigenvalue weighted by molar-refractivity contribution is 7.92. The smallest absolute Gasteiger partial charge is 0.255 e. The number of anilines is 1. The minimum atomic E-state index is -3.92. The van der Waals surface area contributed by atoms with E-state index in [1.807, 2.05) is 0 Å². The van der Waals surface area contributed by atoms with E-state index in [2.05, 4.69) is 15.3 Å². The Labute approximate surface area is 276 Å². The van der Waals surface area contributed by atoms with Crippen molar-refractivity contribution in [3.8, 4) is 39.7 Å². The van der Waals surface area contributed by atoms with Crippen molar-refractivity contribution < 1.29 is 36.3 Å². The highest BCUT2D eigenvalue weighted by Gasteiger charge is 2.29. The largest absolute Gasteiger partial charge is 0.496 e. The Hall–Kier alpha value is -5.27. The number of pyridine rings is 1. The molecule has 0 spiro atoms. The molecule has 48 heavy (non-hydrogen) atoms. The van der Waals surface area contributed by atoms with Gasteiger partial charge in [-0.2, -0.15) is 4.98 Å². The Morgan fingerprint density at radius 1 is 1.02 bits per heavy atom. The van der Waals surface area contributed by atoms with Crippen LogP contribution in [0, 0.1) is 5.82 Å². The van der Waals surface area contributed by atoms with Crippen LogP contribution in [0.4, 0.5) is 10.1 Å². The number of carbonyl (C=O) groups is 1. The maximum absolute atomic E-state index is 13.8. The summed E-state index contributed by atoms with van der Waals surface area (Å²) in [5, 5.41) is 13.6. The molecule has 0 aliphatic carbocycles. The van der Waals surface area contributed by atoms with Crippen LogP contribution in [0.2, 0.25) is 0 Å². The number of hydrogen-bond acceptors (Lipinski definition) is 9. The Morgan fingerprint density at radius 3 is 2.40 bits per heavy atom. The van der Waals surface area contributed by atoms with Gasteiger partial charge in [-0.3, -0.25) is 9.10 Å². The first kappa shape index (κ1) is 32.7. The average molecular weight is 673 g/mol. The molecule has 1 amide bonds. The van der Waals surface area contributed by atoms with Gasteiger partial charge >= 0.3 is 0 Å². The first-order chi connectivity index (χ1) is 22.8. The average Bonchev–Trinajstić information content (AvgIpc) is 3.64. The maximum Gasteiger partial charge on any atom is 0.255 e. The van der Waals surface area contributed by atoms with Crippen LogP contribution in [0.1, 0.15) is 30.6 Å². The molecule has 13 heteroatoms. The number of ether oxygens (including phenoxy) is 1. The maximum atomic E-state index is 13.8. The van der Waals surface area contributed by atoms with Crippen LogP contribution in [-0.4, -0.2) is 62.0 Å². The number of halogens is 1. The van der Waals surface area contributed by atoms with Gasteiger partial charge in [0.15, 0.2) is 11.2 Å². The summed E-state index contributed by atoms with van der Waals surface area (Å²) in [4.78, 5) is 22.2. The number of aliphatic hydroxyl groups is 1. The Kier molecular flexibility index (Phi) is 8.44. The normalized spacial score (nSPS) is 12.1. The molecule has 0 fully saturated rings. The van der Waals surface area contributed by atoms with Crippen LogP contribution in [0.3, 0.4) is 0 Å². The van der Waals surface area contributed by atoms with Crippen LogP contribution in [0.25, 0.3) is 56.1 Å². The van der Waals surface area contributed by atoms with Crippen molar-refractivity contribution in [2.75, 3.05) is 31.3 Å². The van der Waals surface area contributed by atoms with Crippen LogP contribution in [0.5, 0.6) is 5.75 Å². The highest BCUT2D eigenvalue weighted by atomic mass is 32.2. The molecule has 0 saturated carbocycles. The fraction of sp³-hybridized carbons (Fsp3) is 0.229. The molecule has 0 unspecified atom stereocenters. The molecule has 0 bridgehead atoms. The first-order valence-corrected chi connectivity index (χ1v) is 16.8. The topological polar surface area (TPSA) is 148 Å². The molecule has 0 aliphatic rings. The summed E-state index contributed by atoms with van der Waals surface area (Å²) in [5.41, 5.74) is 2.26. The van der Waals surface area contributed by atoms with E-state index in [0.717, 1.165) is 6.26 Å². The van der Waals surface area contributed by atoms with Crippen LogP contribution in [-0.2, 0) is 10.0 Å². The monoisotopic (exact) mass is 672 g/mol. The summed E-state index contributed by atoms with van der Waals surface area (Å²) < 4.78 is 59.7. The van der Waals surface area contributed by atoms with E-state index in [4.69, 9.17) is 13.6 Å². The zero-order chi connectivity index (χ0) is 34.4. The van der Waals surface area contributed by atoms with Gasteiger partial charge in [0.2, 0.25) is 15.9 Å². The molecule has 3 aromatic carbocycles. The third-order valence-corrected chi connectivity index (χ3v) is 9.05. The van der Waals surface area contributed by atoms with E-state index in [0.29, 0.717) is 44.6 Å². The second kappa shape index (κ2) is 12.4. The molecule has 6 rings (SSSR count). The summed E-state index contributed by atoms with van der Waals surface area (Å²) in [6, 6.07) is 17.5. The number of fused-ring (bicyclic) bond motifs is 2. The standard InChI is InChI=1S/C35H33FN4O7S/c1-35(2,42)14-16-40(48(5,43)44)26-19-29-24(30(33(41)37-3)31(46-29)20-8-11-22(36)12-9-20)18-23(26)21-10-13-27(45-4)25(17-21)34-39-32-28(47-34)7-6-15-38-32/h6-13,15,17-19,42H,14,16H2,1-5H3,(H,37,41). The number of oxazole rings is 1. The SMILES string of the molecule is CNC(=O)c1c(-c2ccc(F)cc2)oc2cc(N(CCC(C)(C)O)S(C)(=O)=O)c(-c3ccc(OC)c(-c4nc5ncccc5o4)c3)cc12. The molecule has 3 heterocycles. The minimum absolute atomic E-state index is 0.0610. The van der Waals surface area contributed by atoms with Gasteiger partial charge in [0.25, 0.3) is 5.91 Å². The Bertz CT molecular complexity index is 2240. The number of nitrogens with one attached hydrogen (secondary N) is 1. The number of nitrogens with zero attached hydrogens (tertiary/aromatic N) is 3. The lowest BCUT2D eigenvalue weighted by Crippen LogP contribution is -2.35. The third-order valence-electron chi connectivity index (χ3n) is 7.87. The van der Waals surface area contributed by atoms with Gasteiger partial charge in [-0.05, 0) is 80.4 Å². The van der Waals surface area contributed by atoms with Gasteiger partial charge in [-0.1, -0.05) is 6.07 Å². The molecule has 0 aliphatic heterocycles. The molecule has 248 valence electrons. The predicted octanol–water partition coefficient (Wildman–Crippen LogP) is 6.40. The van der Waals surface area contributed by atoms with Gasteiger partial charge < -0.3 is 24.0 Å². The second-order valence-electron chi connectivity index (χ2n) is 11.9. The fourth-order valence-electron chi connectivity index (χ4n) is 5.49. The van der Waals surface area contributed by atoms with E-state index >= 15 is 0 Å². The van der Waals surface area contributed by atoms with Crippen LogP contribution < -0.4 is 14.4 Å². The minimum Gasteiger partial charge on any atom is -0.496 e. The van der Waals surface area contributed by atoms with Crippen molar-refractivity contribution in [2.45, 2.75) is 25.9 Å². The second-order valence-corrected chi connectivity index (χ2v) is 13.8. The molecule has 11 nitrogen and oxygen atoms in total. The fourth-order valence-corrected chi connectivity index (χ4v) is 6.42. The Balaban J connectivity index is 1.65. The van der Waals surface area contributed by atoms with E-state index in [9.17, 15) is 22.7 Å². The lowest BCUT2D eigenvalue weighted by molar-refractivity contribution is 0.0740. The number of aromatic nitrogens is 2. The van der Waals surface area contributed by atoms with Crippen molar-refractivity contribution in [1.82, 2.24) is 15.3 Å². The summed E-state index contributed by atoms with van der Waals surface area (Å²) in [5.74, 6) is -0.0446. The van der Waals surface area contributed by atoms with E-state index in [1.165, 1.54) is 42.7 Å². The van der Waals surface area contributed by atoms with Crippen molar-refractivity contribution in [1.29, 1.82) is 0 Å². The highest BCUT2D eigenvalue weighted by Crippen LogP contribution is 2.44. The number of rotatable bonds is 10. The summed E-state index contributed by atoms with van der Waals surface area (Å²) in [6.07, 6.45) is 2.80. The zero-order valence-corrected chi connectivity index (χ0v) is 27.7. The van der Waals surface area contributed by atoms with Gasteiger partial charge in [-0.25, -0.2) is 17.8 Å². The molecule has 0 atom stereocenters. The summed E-state index contributed by atoms with van der Waals surface area (Å²) in [6.45, 7) is 3.13. The lowest BCUT2D eigenvalue weighted by Gasteiger charge is -2.28. The molecule has 0 radical (unpaired) electrons. The quantitative estimate of drug-likeness (QED) is 0.169. The third kappa shape index (κ3) is 6.34. The lowest BCUT2D eigenvalue weighted by atomic mass is 9.96. The van der Waals surface area contributed by atoms with Crippen molar-refractivity contribution in [2.24, 2.45) is 0 Å². The van der Waals surface area contributed by atoms with Crippen LogP contribution in [0.15, 0.2) is 81.8 Å². The summed E-state index contributed by atoms with van der Waals surface area (Å²) in [7, 11) is -0.923. The molecular weight excluding hydrogens is 639 g/mol. The number of furan rings is 1. The Morgan fingerprint density at radius 2 is 1.75 bits per heavy atom. The van der Waals surface area contributed by atoms with Gasteiger partial charge in [-0.15, -0.1) is 0 Å². The van der Waals surface area contributed by atoms with Gasteiger partial charge in [0, 0.05) is 42.4 Å². The van der Waals surface area contributed by atoms with Gasteiger partial charge in [0.1, 0.15) is 22.9 Å². The van der Waals surface area contributed by atoms with E-state index in [-0.39, 0.29) is 41.5 Å². The molecule has 3 aromatic heterocycles. The predicted molar refractivity (Wildman–Crippen MR) is 181 cm³/mol. The molecule has 2 N–H and O–H groups in total.